The summed E-state index contributed by atoms with van der Waals surface area (Å²) in [6.07, 6.45) is 1.66. The lowest BCUT2D eigenvalue weighted by Crippen LogP contribution is -2.22. The molecule has 27 heavy (non-hydrogen) atoms. The fourth-order valence-corrected chi connectivity index (χ4v) is 3.65. The topological polar surface area (TPSA) is 81.9 Å². The minimum Gasteiger partial charge on any atom is -0.485 e. The van der Waals surface area contributed by atoms with Crippen LogP contribution in [0.2, 0.25) is 0 Å². The van der Waals surface area contributed by atoms with Crippen molar-refractivity contribution < 1.29 is 9.53 Å². The number of nitrogens with one attached hydrogen (secondary N) is 1. The number of carbonyl (C=O) groups excluding carboxylic acids is 1. The van der Waals surface area contributed by atoms with Gasteiger partial charge in [0.25, 0.3) is 0 Å². The second kappa shape index (κ2) is 8.53. The standard InChI is InChI=1S/C18H21N5O2S2/c1-11-5-6-12(2)14(9-11)25-10-15-21-22-18(23(15)4)27-13(3)16(24)20-17-19-7-8-26-17/h5-9,13H,10H2,1-4H3,(H,19,20,24). The second-order valence-electron chi connectivity index (χ2n) is 6.10. The van der Waals surface area contributed by atoms with Crippen LogP contribution in [0, 0.1) is 13.8 Å². The van der Waals surface area contributed by atoms with Crippen LogP contribution in [0.5, 0.6) is 5.75 Å². The second-order valence-corrected chi connectivity index (χ2v) is 8.30. The van der Waals surface area contributed by atoms with Crippen molar-refractivity contribution >= 4 is 34.1 Å². The molecule has 2 aromatic heterocycles. The summed E-state index contributed by atoms with van der Waals surface area (Å²) in [5.41, 5.74) is 2.22. The molecule has 0 radical (unpaired) electrons. The molecule has 0 saturated heterocycles. The van der Waals surface area contributed by atoms with Gasteiger partial charge >= 0.3 is 0 Å². The van der Waals surface area contributed by atoms with Gasteiger partial charge in [-0.3, -0.25) is 4.79 Å². The Morgan fingerprint density at radius 3 is 2.93 bits per heavy atom. The molecule has 0 fully saturated rings. The van der Waals surface area contributed by atoms with Gasteiger partial charge in [0.15, 0.2) is 16.1 Å². The van der Waals surface area contributed by atoms with E-state index in [0.29, 0.717) is 22.7 Å². The molecule has 3 rings (SSSR count). The smallest absolute Gasteiger partial charge is 0.239 e. The van der Waals surface area contributed by atoms with Crippen LogP contribution in [0.3, 0.4) is 0 Å². The van der Waals surface area contributed by atoms with Gasteiger partial charge in [0.1, 0.15) is 12.4 Å². The molecule has 0 saturated carbocycles. The van der Waals surface area contributed by atoms with Gasteiger partial charge in [-0.15, -0.1) is 21.5 Å². The zero-order chi connectivity index (χ0) is 19.4. The molecule has 7 nitrogen and oxygen atoms in total. The lowest BCUT2D eigenvalue weighted by atomic mass is 10.1. The molecule has 2 heterocycles. The highest BCUT2D eigenvalue weighted by Crippen LogP contribution is 2.24. The van der Waals surface area contributed by atoms with E-state index in [9.17, 15) is 4.79 Å². The molecule has 0 spiro atoms. The third-order valence-electron chi connectivity index (χ3n) is 3.94. The van der Waals surface area contributed by atoms with E-state index >= 15 is 0 Å². The number of nitrogens with zero attached hydrogens (tertiary/aromatic N) is 4. The van der Waals surface area contributed by atoms with E-state index in [1.54, 1.807) is 6.20 Å². The molecule has 1 aromatic carbocycles. The number of ether oxygens (including phenoxy) is 1. The first-order valence-electron chi connectivity index (χ1n) is 8.39. The van der Waals surface area contributed by atoms with Crippen LogP contribution in [0.15, 0.2) is 34.9 Å². The summed E-state index contributed by atoms with van der Waals surface area (Å²) in [6.45, 7) is 6.18. The zero-order valence-electron chi connectivity index (χ0n) is 15.6. The van der Waals surface area contributed by atoms with Crippen LogP contribution in [0.25, 0.3) is 0 Å². The van der Waals surface area contributed by atoms with E-state index < -0.39 is 0 Å². The van der Waals surface area contributed by atoms with E-state index in [1.807, 2.05) is 49.9 Å². The molecule has 0 aliphatic rings. The van der Waals surface area contributed by atoms with Gasteiger partial charge in [-0.1, -0.05) is 23.9 Å². The number of hydrogen-bond acceptors (Lipinski definition) is 7. The SMILES string of the molecule is Cc1ccc(C)c(OCc2nnc(SC(C)C(=O)Nc3nccs3)n2C)c1. The predicted octanol–water partition coefficient (Wildman–Crippen LogP) is 3.59. The number of amides is 1. The molecule has 0 aliphatic heterocycles. The van der Waals surface area contributed by atoms with Crippen LogP contribution in [-0.2, 0) is 18.4 Å². The normalized spacial score (nSPS) is 12.0. The van der Waals surface area contributed by atoms with Crippen molar-refractivity contribution in [3.63, 3.8) is 0 Å². The van der Waals surface area contributed by atoms with E-state index in [4.69, 9.17) is 4.74 Å². The third-order valence-corrected chi connectivity index (χ3v) is 5.76. The zero-order valence-corrected chi connectivity index (χ0v) is 17.2. The number of anilines is 1. The minimum atomic E-state index is -0.329. The number of aryl methyl sites for hydroxylation is 2. The van der Waals surface area contributed by atoms with Crippen LogP contribution < -0.4 is 10.1 Å². The number of rotatable bonds is 7. The molecule has 1 N–H and O–H groups in total. The number of hydrogen-bond donors (Lipinski definition) is 1. The molecule has 142 valence electrons. The molecule has 9 heteroatoms. The molecule has 3 aromatic rings. The number of thiazole rings is 1. The van der Waals surface area contributed by atoms with Crippen LogP contribution in [0.4, 0.5) is 5.13 Å². The summed E-state index contributed by atoms with van der Waals surface area (Å²) in [6, 6.07) is 6.09. The number of aromatic nitrogens is 4. The van der Waals surface area contributed by atoms with Gasteiger partial charge in [-0.05, 0) is 38.0 Å². The van der Waals surface area contributed by atoms with Gasteiger partial charge in [0.05, 0.1) is 5.25 Å². The minimum absolute atomic E-state index is 0.119. The summed E-state index contributed by atoms with van der Waals surface area (Å²) in [7, 11) is 1.87. The molecule has 1 atom stereocenters. The van der Waals surface area contributed by atoms with E-state index in [-0.39, 0.29) is 11.2 Å². The van der Waals surface area contributed by atoms with Crippen molar-refractivity contribution in [3.8, 4) is 5.75 Å². The average molecular weight is 404 g/mol. The molecule has 1 amide bonds. The van der Waals surface area contributed by atoms with Crippen molar-refractivity contribution in [1.82, 2.24) is 19.7 Å². The Morgan fingerprint density at radius 2 is 2.19 bits per heavy atom. The fraction of sp³-hybridized carbons (Fsp3) is 0.333. The Kier molecular flexibility index (Phi) is 6.12. The van der Waals surface area contributed by atoms with Crippen LogP contribution in [0.1, 0.15) is 23.9 Å². The van der Waals surface area contributed by atoms with Crippen LogP contribution in [-0.4, -0.2) is 30.9 Å². The third kappa shape index (κ3) is 4.86. The van der Waals surface area contributed by atoms with Gasteiger partial charge in [0.2, 0.25) is 5.91 Å². The first-order chi connectivity index (χ1) is 12.9. The van der Waals surface area contributed by atoms with Gasteiger partial charge in [-0.2, -0.15) is 0 Å². The average Bonchev–Trinajstić information content (AvgIpc) is 3.26. The number of thioether (sulfide) groups is 1. The van der Waals surface area contributed by atoms with E-state index in [0.717, 1.165) is 16.9 Å². The molecule has 1 unspecified atom stereocenters. The van der Waals surface area contributed by atoms with Crippen molar-refractivity contribution in [2.45, 2.75) is 37.8 Å². The largest absolute Gasteiger partial charge is 0.485 e. The monoisotopic (exact) mass is 403 g/mol. The van der Waals surface area contributed by atoms with Gasteiger partial charge in [0, 0.05) is 18.6 Å². The summed E-state index contributed by atoms with van der Waals surface area (Å²) >= 11 is 2.73. The Labute approximate surface area is 166 Å². The summed E-state index contributed by atoms with van der Waals surface area (Å²) in [5.74, 6) is 1.42. The summed E-state index contributed by atoms with van der Waals surface area (Å²) in [5, 5.41) is 13.9. The summed E-state index contributed by atoms with van der Waals surface area (Å²) in [4.78, 5) is 16.3. The maximum absolute atomic E-state index is 12.3. The fourth-order valence-electron chi connectivity index (χ4n) is 2.28. The highest BCUT2D eigenvalue weighted by Gasteiger charge is 2.19. The van der Waals surface area contributed by atoms with Crippen molar-refractivity contribution in [2.75, 3.05) is 5.32 Å². The summed E-state index contributed by atoms with van der Waals surface area (Å²) < 4.78 is 7.75. The Hall–Kier alpha value is -2.39. The highest BCUT2D eigenvalue weighted by molar-refractivity contribution is 8.00. The van der Waals surface area contributed by atoms with Crippen LogP contribution >= 0.6 is 23.1 Å². The van der Waals surface area contributed by atoms with Crippen molar-refractivity contribution in [1.29, 1.82) is 0 Å². The lowest BCUT2D eigenvalue weighted by Gasteiger charge is -2.11. The quantitative estimate of drug-likeness (QED) is 0.607. The number of benzene rings is 1. The van der Waals surface area contributed by atoms with Crippen molar-refractivity contribution in [3.05, 3.63) is 46.7 Å². The Bertz CT molecular complexity index is 924. The lowest BCUT2D eigenvalue weighted by molar-refractivity contribution is -0.115. The molecule has 0 aliphatic carbocycles. The van der Waals surface area contributed by atoms with Crippen molar-refractivity contribution in [2.24, 2.45) is 7.05 Å². The molecular formula is C18H21N5O2S2. The number of carbonyl (C=O) groups is 1. The van der Waals surface area contributed by atoms with E-state index in [2.05, 4.69) is 26.6 Å². The molecule has 0 bridgehead atoms. The maximum Gasteiger partial charge on any atom is 0.239 e. The maximum atomic E-state index is 12.3. The highest BCUT2D eigenvalue weighted by atomic mass is 32.2. The Morgan fingerprint density at radius 1 is 1.37 bits per heavy atom. The first-order valence-corrected chi connectivity index (χ1v) is 10.2. The Balaban J connectivity index is 1.61. The molecular weight excluding hydrogens is 382 g/mol. The van der Waals surface area contributed by atoms with Gasteiger partial charge in [-0.25, -0.2) is 4.98 Å². The first kappa shape index (κ1) is 19.4. The predicted molar refractivity (Wildman–Crippen MR) is 107 cm³/mol. The van der Waals surface area contributed by atoms with Gasteiger partial charge < -0.3 is 14.6 Å². The van der Waals surface area contributed by atoms with E-state index in [1.165, 1.54) is 23.1 Å².